The second-order valence-electron chi connectivity index (χ2n) is 4.56. The van der Waals surface area contributed by atoms with E-state index in [1.54, 1.807) is 0 Å². The van der Waals surface area contributed by atoms with Gasteiger partial charge in [-0.3, -0.25) is 4.79 Å². The first kappa shape index (κ1) is 10.4. The molecule has 0 saturated heterocycles. The number of carbonyl (C=O) groups excluding carboxylic acids is 1. The van der Waals surface area contributed by atoms with Crippen LogP contribution < -0.4 is 0 Å². The van der Waals surface area contributed by atoms with E-state index in [1.165, 1.54) is 5.57 Å². The SMILES string of the molecule is C[C@@H](CC(=O)[C@H]1C=CCC1)C1=CC=CC1. The van der Waals surface area contributed by atoms with Crippen LogP contribution in [0.4, 0.5) is 0 Å². The Balaban J connectivity index is 1.85. The second kappa shape index (κ2) is 4.61. The molecule has 1 heteroatoms. The highest BCUT2D eigenvalue weighted by molar-refractivity contribution is 5.83. The zero-order valence-electron chi connectivity index (χ0n) is 9.28. The molecule has 0 spiro atoms. The second-order valence-corrected chi connectivity index (χ2v) is 4.56. The topological polar surface area (TPSA) is 17.1 Å². The van der Waals surface area contributed by atoms with Gasteiger partial charge in [0.1, 0.15) is 5.78 Å². The monoisotopic (exact) mass is 202 g/mol. The van der Waals surface area contributed by atoms with Crippen LogP contribution in [0.3, 0.4) is 0 Å². The van der Waals surface area contributed by atoms with E-state index in [0.29, 0.717) is 18.1 Å². The third-order valence-corrected chi connectivity index (χ3v) is 3.37. The van der Waals surface area contributed by atoms with Crippen LogP contribution in [-0.2, 0) is 4.79 Å². The van der Waals surface area contributed by atoms with E-state index in [9.17, 15) is 4.79 Å². The van der Waals surface area contributed by atoms with E-state index < -0.39 is 0 Å². The first-order valence-electron chi connectivity index (χ1n) is 5.82. The lowest BCUT2D eigenvalue weighted by molar-refractivity contribution is -0.122. The third kappa shape index (κ3) is 2.47. The smallest absolute Gasteiger partial charge is 0.140 e. The molecule has 80 valence electrons. The van der Waals surface area contributed by atoms with Gasteiger partial charge in [0, 0.05) is 12.3 Å². The van der Waals surface area contributed by atoms with Crippen molar-refractivity contribution in [3.05, 3.63) is 36.0 Å². The third-order valence-electron chi connectivity index (χ3n) is 3.37. The summed E-state index contributed by atoms with van der Waals surface area (Å²) in [5.41, 5.74) is 1.41. The molecule has 0 amide bonds. The van der Waals surface area contributed by atoms with Crippen LogP contribution in [0.1, 0.15) is 32.6 Å². The predicted molar refractivity (Wildman–Crippen MR) is 62.5 cm³/mol. The quantitative estimate of drug-likeness (QED) is 0.638. The summed E-state index contributed by atoms with van der Waals surface area (Å²) < 4.78 is 0. The molecule has 2 aliphatic rings. The molecule has 0 unspecified atom stereocenters. The Morgan fingerprint density at radius 2 is 2.40 bits per heavy atom. The molecule has 0 N–H and O–H groups in total. The summed E-state index contributed by atoms with van der Waals surface area (Å²) in [6.07, 6.45) is 14.5. The largest absolute Gasteiger partial charge is 0.299 e. The molecular weight excluding hydrogens is 184 g/mol. The first-order valence-corrected chi connectivity index (χ1v) is 5.82. The molecule has 0 aliphatic heterocycles. The van der Waals surface area contributed by atoms with Gasteiger partial charge in [0.15, 0.2) is 0 Å². The van der Waals surface area contributed by atoms with Crippen molar-refractivity contribution in [2.45, 2.75) is 32.6 Å². The van der Waals surface area contributed by atoms with Crippen LogP contribution in [0.2, 0.25) is 0 Å². The first-order chi connectivity index (χ1) is 7.27. The Labute approximate surface area is 91.6 Å². The van der Waals surface area contributed by atoms with Gasteiger partial charge >= 0.3 is 0 Å². The summed E-state index contributed by atoms with van der Waals surface area (Å²) >= 11 is 0. The Morgan fingerprint density at radius 1 is 1.53 bits per heavy atom. The molecule has 2 atom stereocenters. The molecule has 0 radical (unpaired) electrons. The molecule has 1 nitrogen and oxygen atoms in total. The number of carbonyl (C=O) groups is 1. The van der Waals surface area contributed by atoms with Crippen molar-refractivity contribution in [1.29, 1.82) is 0 Å². The summed E-state index contributed by atoms with van der Waals surface area (Å²) in [6.45, 7) is 2.16. The van der Waals surface area contributed by atoms with Crippen LogP contribution in [0.15, 0.2) is 36.0 Å². The van der Waals surface area contributed by atoms with Gasteiger partial charge in [-0.2, -0.15) is 0 Å². The minimum absolute atomic E-state index is 0.211. The average Bonchev–Trinajstić information content (AvgIpc) is 2.91. The number of Topliss-reactive ketones (excluding diaryl/α,β-unsaturated/α-hetero) is 1. The van der Waals surface area contributed by atoms with E-state index in [-0.39, 0.29) is 5.92 Å². The van der Waals surface area contributed by atoms with Crippen LogP contribution >= 0.6 is 0 Å². The van der Waals surface area contributed by atoms with Gasteiger partial charge in [0.2, 0.25) is 0 Å². The molecule has 0 fully saturated rings. The molecule has 0 heterocycles. The summed E-state index contributed by atoms with van der Waals surface area (Å²) in [6, 6.07) is 0. The fourth-order valence-corrected chi connectivity index (χ4v) is 2.31. The van der Waals surface area contributed by atoms with E-state index in [2.05, 4.69) is 37.3 Å². The van der Waals surface area contributed by atoms with Gasteiger partial charge in [-0.05, 0) is 25.2 Å². The number of rotatable bonds is 4. The fourth-order valence-electron chi connectivity index (χ4n) is 2.31. The standard InChI is InChI=1S/C14H18O/c1-11(12-6-2-3-7-12)10-14(15)13-8-4-5-9-13/h2-4,6,8,11,13H,5,7,9-10H2,1H3/t11-,13-/m0/s1. The molecule has 2 aliphatic carbocycles. The van der Waals surface area contributed by atoms with Crippen molar-refractivity contribution in [1.82, 2.24) is 0 Å². The van der Waals surface area contributed by atoms with E-state index in [0.717, 1.165) is 19.3 Å². The highest BCUT2D eigenvalue weighted by Gasteiger charge is 2.21. The Morgan fingerprint density at radius 3 is 3.00 bits per heavy atom. The van der Waals surface area contributed by atoms with Crippen molar-refractivity contribution < 1.29 is 4.79 Å². The molecule has 0 saturated carbocycles. The number of allylic oxidation sites excluding steroid dienone is 6. The fraction of sp³-hybridized carbons (Fsp3) is 0.500. The highest BCUT2D eigenvalue weighted by atomic mass is 16.1. The molecule has 0 bridgehead atoms. The van der Waals surface area contributed by atoms with Gasteiger partial charge in [-0.15, -0.1) is 0 Å². The van der Waals surface area contributed by atoms with Gasteiger partial charge in [-0.25, -0.2) is 0 Å². The normalized spacial score (nSPS) is 25.7. The number of ketones is 1. The molecular formula is C14H18O. The van der Waals surface area contributed by atoms with Gasteiger partial charge in [0.25, 0.3) is 0 Å². The molecule has 0 aromatic heterocycles. The minimum atomic E-state index is 0.211. The van der Waals surface area contributed by atoms with Crippen molar-refractivity contribution >= 4 is 5.78 Å². The Kier molecular flexibility index (Phi) is 3.20. The lowest BCUT2D eigenvalue weighted by Gasteiger charge is -2.14. The van der Waals surface area contributed by atoms with E-state index in [1.807, 2.05) is 0 Å². The van der Waals surface area contributed by atoms with Gasteiger partial charge in [0.05, 0.1) is 0 Å². The predicted octanol–water partition coefficient (Wildman–Crippen LogP) is 3.43. The van der Waals surface area contributed by atoms with E-state index >= 15 is 0 Å². The van der Waals surface area contributed by atoms with Crippen molar-refractivity contribution in [3.63, 3.8) is 0 Å². The summed E-state index contributed by atoms with van der Waals surface area (Å²) in [5.74, 6) is 1.05. The lowest BCUT2D eigenvalue weighted by atomic mass is 9.90. The van der Waals surface area contributed by atoms with E-state index in [4.69, 9.17) is 0 Å². The lowest BCUT2D eigenvalue weighted by Crippen LogP contribution is -2.14. The van der Waals surface area contributed by atoms with Gasteiger partial charge < -0.3 is 0 Å². The number of hydrogen-bond donors (Lipinski definition) is 0. The summed E-state index contributed by atoms with van der Waals surface area (Å²) in [7, 11) is 0. The molecule has 2 rings (SSSR count). The summed E-state index contributed by atoms with van der Waals surface area (Å²) in [4.78, 5) is 11.9. The van der Waals surface area contributed by atoms with Crippen LogP contribution in [0.25, 0.3) is 0 Å². The highest BCUT2D eigenvalue weighted by Crippen LogP contribution is 2.26. The maximum absolute atomic E-state index is 11.9. The minimum Gasteiger partial charge on any atom is -0.299 e. The molecule has 15 heavy (non-hydrogen) atoms. The Bertz CT molecular complexity index is 333. The zero-order valence-corrected chi connectivity index (χ0v) is 9.28. The zero-order chi connectivity index (χ0) is 10.7. The van der Waals surface area contributed by atoms with Crippen LogP contribution in [0.5, 0.6) is 0 Å². The van der Waals surface area contributed by atoms with Crippen molar-refractivity contribution in [3.8, 4) is 0 Å². The van der Waals surface area contributed by atoms with Crippen molar-refractivity contribution in [2.75, 3.05) is 0 Å². The van der Waals surface area contributed by atoms with Crippen molar-refractivity contribution in [2.24, 2.45) is 11.8 Å². The maximum Gasteiger partial charge on any atom is 0.140 e. The maximum atomic E-state index is 11.9. The van der Waals surface area contributed by atoms with Gasteiger partial charge in [-0.1, -0.05) is 42.9 Å². The van der Waals surface area contributed by atoms with Crippen LogP contribution in [0, 0.1) is 11.8 Å². The van der Waals surface area contributed by atoms with Crippen LogP contribution in [-0.4, -0.2) is 5.78 Å². The average molecular weight is 202 g/mol. The molecule has 0 aromatic carbocycles. The molecule has 0 aromatic rings. The number of hydrogen-bond acceptors (Lipinski definition) is 1. The Hall–Kier alpha value is -1.11. The summed E-state index contributed by atoms with van der Waals surface area (Å²) in [5, 5.41) is 0.